The van der Waals surface area contributed by atoms with Gasteiger partial charge in [0.1, 0.15) is 5.52 Å². The normalized spacial score (nSPS) is 27.2. The molecule has 20 heteroatoms. The molecule has 0 aliphatic heterocycles. The van der Waals surface area contributed by atoms with E-state index < -0.39 is 47.6 Å². The first-order chi connectivity index (χ1) is 15.1. The van der Waals surface area contributed by atoms with Gasteiger partial charge in [0.05, 0.1) is 24.5 Å². The number of fused-ring (bicyclic) bond motifs is 1. The first-order valence-electron chi connectivity index (χ1n) is 8.66. The maximum atomic E-state index is 12.0. The van der Waals surface area contributed by atoms with Gasteiger partial charge >= 0.3 is 23.5 Å². The summed E-state index contributed by atoms with van der Waals surface area (Å²) in [5, 5.41) is 10.6. The average molecular weight is 548 g/mol. The minimum Gasteiger partial charge on any atom is -0.391 e. The van der Waals surface area contributed by atoms with Crippen molar-refractivity contribution in [2.75, 3.05) is 12.3 Å². The van der Waals surface area contributed by atoms with Crippen LogP contribution in [0.5, 0.6) is 0 Å². The van der Waals surface area contributed by atoms with Crippen LogP contribution in [0, 0.1) is 17.8 Å². The quantitative estimate of drug-likeness (QED) is 0.151. The number of nitrogens with zero attached hydrogens (tertiary/aromatic N) is 4. The highest BCUT2D eigenvalue weighted by Crippen LogP contribution is 2.66. The Morgan fingerprint density at radius 2 is 1.91 bits per heavy atom. The number of halogens is 1. The van der Waals surface area contributed by atoms with Gasteiger partial charge in [0.25, 0.3) is 0 Å². The molecular formula is C13H17ClN5O11P3. The number of aliphatic hydroxyl groups is 1. The van der Waals surface area contributed by atoms with Gasteiger partial charge in [-0.25, -0.2) is 18.7 Å². The smallest absolute Gasteiger partial charge is 0.391 e. The van der Waals surface area contributed by atoms with E-state index in [2.05, 4.69) is 34.0 Å². The fraction of sp³-hybridized carbons (Fsp3) is 0.462. The number of hydrogen-bond acceptors (Lipinski definition) is 11. The summed E-state index contributed by atoms with van der Waals surface area (Å²) in [6, 6.07) is -0.545. The highest BCUT2D eigenvalue weighted by atomic mass is 35.5. The maximum Gasteiger partial charge on any atom is 0.490 e. The van der Waals surface area contributed by atoms with E-state index in [0.29, 0.717) is 0 Å². The molecule has 5 atom stereocenters. The zero-order valence-corrected chi connectivity index (χ0v) is 19.6. The number of aromatic nitrogens is 4. The molecule has 2 unspecified atom stereocenters. The predicted octanol–water partition coefficient (Wildman–Crippen LogP) is 0.721. The molecule has 33 heavy (non-hydrogen) atoms. The number of anilines is 1. The Balaban J connectivity index is 1.78. The molecule has 2 heterocycles. The summed E-state index contributed by atoms with van der Waals surface area (Å²) in [6.45, 7) is -0.838. The topological polar surface area (TPSA) is 250 Å². The molecule has 0 bridgehead atoms. The second kappa shape index (κ2) is 8.98. The van der Waals surface area contributed by atoms with Crippen LogP contribution < -0.4 is 5.73 Å². The third kappa shape index (κ3) is 5.98. The monoisotopic (exact) mass is 547 g/mol. The molecule has 182 valence electrons. The van der Waals surface area contributed by atoms with Gasteiger partial charge in [-0.3, -0.25) is 4.52 Å². The Morgan fingerprint density at radius 1 is 1.24 bits per heavy atom. The molecule has 0 spiro atoms. The summed E-state index contributed by atoms with van der Waals surface area (Å²) in [7, 11) is -16.7. The van der Waals surface area contributed by atoms with E-state index >= 15 is 0 Å². The van der Waals surface area contributed by atoms with Crippen molar-refractivity contribution in [3.05, 3.63) is 11.5 Å². The minimum absolute atomic E-state index is 0.00525. The lowest BCUT2D eigenvalue weighted by Gasteiger charge is -2.27. The van der Waals surface area contributed by atoms with E-state index in [1.807, 2.05) is 0 Å². The summed E-state index contributed by atoms with van der Waals surface area (Å²) in [6.07, 6.45) is 5.63. The van der Waals surface area contributed by atoms with Crippen molar-refractivity contribution in [3.63, 3.8) is 0 Å². The van der Waals surface area contributed by atoms with Crippen LogP contribution in [-0.2, 0) is 26.8 Å². The largest absolute Gasteiger partial charge is 0.490 e. The van der Waals surface area contributed by atoms with E-state index in [1.54, 1.807) is 0 Å². The lowest BCUT2D eigenvalue weighted by Crippen LogP contribution is -2.33. The summed E-state index contributed by atoms with van der Waals surface area (Å²) in [5.74, 6) is 2.17. The molecule has 1 aliphatic rings. The predicted molar refractivity (Wildman–Crippen MR) is 110 cm³/mol. The molecule has 3 rings (SSSR count). The molecule has 2 aromatic rings. The molecule has 7 N–H and O–H groups in total. The van der Waals surface area contributed by atoms with E-state index in [1.165, 1.54) is 10.9 Å². The zero-order chi connectivity index (χ0) is 24.8. The fourth-order valence-electron chi connectivity index (χ4n) is 3.35. The molecule has 16 nitrogen and oxygen atoms in total. The summed E-state index contributed by atoms with van der Waals surface area (Å²) < 4.78 is 47.7. The van der Waals surface area contributed by atoms with Crippen molar-refractivity contribution in [1.82, 2.24) is 19.5 Å². The summed E-state index contributed by atoms with van der Waals surface area (Å²) in [5.41, 5.74) is 4.54. The van der Waals surface area contributed by atoms with Crippen LogP contribution in [-0.4, -0.2) is 56.9 Å². The molecule has 1 aliphatic carbocycles. The summed E-state index contributed by atoms with van der Waals surface area (Å²) >= 11 is 6.00. The molecule has 0 aromatic carbocycles. The van der Waals surface area contributed by atoms with Crippen LogP contribution in [0.4, 0.5) is 5.95 Å². The second-order valence-corrected chi connectivity index (χ2v) is 11.7. The van der Waals surface area contributed by atoms with E-state index in [-0.39, 0.29) is 35.1 Å². The Morgan fingerprint density at radius 3 is 2.52 bits per heavy atom. The first-order valence-corrected chi connectivity index (χ1v) is 13.6. The Bertz CT molecular complexity index is 1260. The number of imidazole rings is 1. The molecular weight excluding hydrogens is 531 g/mol. The van der Waals surface area contributed by atoms with Gasteiger partial charge < -0.3 is 35.0 Å². The molecule has 1 saturated carbocycles. The first kappa shape index (κ1) is 26.2. The SMILES string of the molecule is C#C[C@]1(COP(=O)(O)OP(=O)(O)OP(=O)(O)O)C[C@@H](n2cnc3c(Cl)nc(N)nc32)C[C@@H]1O. The van der Waals surface area contributed by atoms with Gasteiger partial charge in [-0.05, 0) is 12.8 Å². The Hall–Kier alpha value is -1.43. The van der Waals surface area contributed by atoms with E-state index in [9.17, 15) is 28.6 Å². The van der Waals surface area contributed by atoms with Gasteiger partial charge in [-0.15, -0.1) is 6.42 Å². The van der Waals surface area contributed by atoms with Gasteiger partial charge in [0.15, 0.2) is 10.8 Å². The van der Waals surface area contributed by atoms with Crippen molar-refractivity contribution < 1.29 is 51.5 Å². The van der Waals surface area contributed by atoms with Gasteiger partial charge in [0, 0.05) is 6.04 Å². The highest BCUT2D eigenvalue weighted by Gasteiger charge is 2.49. The lowest BCUT2D eigenvalue weighted by molar-refractivity contribution is 0.0443. The standard InChI is InChI=1S/C13H17ClN5O11P3/c1-2-13(5-28-32(24,25)30-33(26,27)29-31(21,22)23)4-7(3-8(13)20)19-6-16-9-10(14)17-12(15)18-11(9)19/h1,6-8,20H,3-5H2,(H,24,25)(H,26,27)(H2,15,17,18)(H2,21,22,23)/t7-,8-,13+/m0/s1. The maximum absolute atomic E-state index is 12.0. The van der Waals surface area contributed by atoms with Crippen molar-refractivity contribution >= 4 is 52.2 Å². The van der Waals surface area contributed by atoms with Crippen LogP contribution in [0.25, 0.3) is 11.2 Å². The van der Waals surface area contributed by atoms with Crippen LogP contribution in [0.1, 0.15) is 18.9 Å². The number of nitrogen functional groups attached to an aromatic ring is 1. The zero-order valence-electron chi connectivity index (χ0n) is 16.2. The van der Waals surface area contributed by atoms with Crippen molar-refractivity contribution in [3.8, 4) is 12.3 Å². The Labute approximate surface area is 190 Å². The molecule has 2 aromatic heterocycles. The van der Waals surface area contributed by atoms with Crippen LogP contribution >= 0.6 is 35.1 Å². The highest BCUT2D eigenvalue weighted by molar-refractivity contribution is 7.66. The number of phosphoric acid groups is 3. The van der Waals surface area contributed by atoms with Crippen molar-refractivity contribution in [2.24, 2.45) is 5.41 Å². The number of nitrogens with two attached hydrogens (primary N) is 1. The van der Waals surface area contributed by atoms with Crippen molar-refractivity contribution in [1.29, 1.82) is 0 Å². The molecule has 0 amide bonds. The second-order valence-electron chi connectivity index (χ2n) is 6.97. The third-order valence-electron chi connectivity index (χ3n) is 4.71. The number of aliphatic hydroxyl groups excluding tert-OH is 1. The molecule has 1 fully saturated rings. The van der Waals surface area contributed by atoms with E-state index in [4.69, 9.17) is 33.5 Å². The molecule has 0 radical (unpaired) electrons. The number of rotatable bonds is 8. The van der Waals surface area contributed by atoms with Gasteiger partial charge in [0.2, 0.25) is 5.95 Å². The van der Waals surface area contributed by atoms with Crippen LogP contribution in [0.2, 0.25) is 5.15 Å². The third-order valence-corrected chi connectivity index (χ3v) is 8.76. The number of terminal acetylenes is 1. The fourth-order valence-corrected chi connectivity index (χ4v) is 6.66. The lowest BCUT2D eigenvalue weighted by atomic mass is 9.86. The number of phosphoric ester groups is 1. The van der Waals surface area contributed by atoms with Crippen LogP contribution in [0.3, 0.4) is 0 Å². The average Bonchev–Trinajstić information content (AvgIpc) is 3.18. The molecule has 0 saturated heterocycles. The minimum atomic E-state index is -5.70. The Kier molecular flexibility index (Phi) is 7.12. The van der Waals surface area contributed by atoms with E-state index in [0.717, 1.165) is 0 Å². The van der Waals surface area contributed by atoms with Crippen LogP contribution in [0.15, 0.2) is 6.33 Å². The summed E-state index contributed by atoms with van der Waals surface area (Å²) in [4.78, 5) is 48.0. The number of hydrogen-bond donors (Lipinski definition) is 6. The van der Waals surface area contributed by atoms with Gasteiger partial charge in [-0.2, -0.15) is 18.6 Å². The van der Waals surface area contributed by atoms with Crippen molar-refractivity contribution in [2.45, 2.75) is 25.0 Å². The van der Waals surface area contributed by atoms with Gasteiger partial charge in [-0.1, -0.05) is 17.5 Å².